The van der Waals surface area contributed by atoms with Crippen LogP contribution in [0.5, 0.6) is 0 Å². The van der Waals surface area contributed by atoms with Crippen LogP contribution in [0.4, 0.5) is 5.82 Å². The summed E-state index contributed by atoms with van der Waals surface area (Å²) in [5.41, 5.74) is 1.02. The number of ether oxygens (including phenoxy) is 1. The first kappa shape index (κ1) is 16.4. The Morgan fingerprint density at radius 2 is 2.10 bits per heavy atom. The van der Waals surface area contributed by atoms with Crippen molar-refractivity contribution in [1.29, 1.82) is 0 Å². The highest BCUT2D eigenvalue weighted by molar-refractivity contribution is 5.95. The summed E-state index contributed by atoms with van der Waals surface area (Å²) in [6, 6.07) is 1.99. The zero-order chi connectivity index (χ0) is 15.1. The van der Waals surface area contributed by atoms with Gasteiger partial charge in [0.25, 0.3) is 0 Å². The van der Waals surface area contributed by atoms with Crippen LogP contribution in [0, 0.1) is 6.92 Å². The van der Waals surface area contributed by atoms with Crippen molar-refractivity contribution in [2.24, 2.45) is 0 Å². The van der Waals surface area contributed by atoms with E-state index in [4.69, 9.17) is 4.74 Å². The molecule has 0 saturated carbocycles. The third-order valence-electron chi connectivity index (χ3n) is 3.54. The van der Waals surface area contributed by atoms with E-state index in [0.29, 0.717) is 19.0 Å². The highest BCUT2D eigenvalue weighted by Gasteiger charge is 2.23. The van der Waals surface area contributed by atoms with Crippen molar-refractivity contribution in [3.63, 3.8) is 0 Å². The van der Waals surface area contributed by atoms with Gasteiger partial charge in [0.15, 0.2) is 0 Å². The summed E-state index contributed by atoms with van der Waals surface area (Å²) in [5, 5.41) is 9.45. The Hall–Kier alpha value is -1.62. The van der Waals surface area contributed by atoms with Crippen LogP contribution in [0.25, 0.3) is 0 Å². The molecule has 0 saturated heterocycles. The lowest BCUT2D eigenvalue weighted by atomic mass is 10.1. The fourth-order valence-electron chi connectivity index (χ4n) is 2.41. The van der Waals surface area contributed by atoms with Gasteiger partial charge in [-0.15, -0.1) is 0 Å². The predicted molar refractivity (Wildman–Crippen MR) is 79.5 cm³/mol. The number of pyridine rings is 1. The van der Waals surface area contributed by atoms with Crippen molar-refractivity contribution < 1.29 is 14.6 Å². The molecule has 5 nitrogen and oxygen atoms in total. The molecule has 1 aromatic heterocycles. The third-order valence-corrected chi connectivity index (χ3v) is 3.54. The molecule has 20 heavy (non-hydrogen) atoms. The van der Waals surface area contributed by atoms with Gasteiger partial charge < -0.3 is 14.7 Å². The number of nitrogens with zero attached hydrogens (tertiary/aromatic N) is 2. The van der Waals surface area contributed by atoms with Crippen molar-refractivity contribution in [2.75, 3.05) is 25.2 Å². The van der Waals surface area contributed by atoms with E-state index in [-0.39, 0.29) is 11.6 Å². The maximum atomic E-state index is 11.5. The summed E-state index contributed by atoms with van der Waals surface area (Å²) >= 11 is 0. The number of hydrogen-bond donors (Lipinski definition) is 1. The second-order valence-electron chi connectivity index (χ2n) is 4.79. The highest BCUT2D eigenvalue weighted by atomic mass is 16.5. The minimum absolute atomic E-state index is 0.262. The van der Waals surface area contributed by atoms with E-state index < -0.39 is 5.97 Å². The summed E-state index contributed by atoms with van der Waals surface area (Å²) in [6.07, 6.45) is 3.54. The Labute approximate surface area is 120 Å². The lowest BCUT2D eigenvalue weighted by Crippen LogP contribution is -2.39. The maximum absolute atomic E-state index is 11.5. The van der Waals surface area contributed by atoms with Gasteiger partial charge in [-0.05, 0) is 31.4 Å². The van der Waals surface area contributed by atoms with Gasteiger partial charge in [0.1, 0.15) is 11.4 Å². The van der Waals surface area contributed by atoms with E-state index in [0.717, 1.165) is 18.4 Å². The van der Waals surface area contributed by atoms with Crippen LogP contribution >= 0.6 is 0 Å². The van der Waals surface area contributed by atoms with Crippen LogP contribution in [0.3, 0.4) is 0 Å². The van der Waals surface area contributed by atoms with E-state index in [1.165, 1.54) is 0 Å². The molecule has 0 bridgehead atoms. The lowest BCUT2D eigenvalue weighted by molar-refractivity contribution is 0.0696. The van der Waals surface area contributed by atoms with Crippen molar-refractivity contribution in [1.82, 2.24) is 4.98 Å². The second-order valence-corrected chi connectivity index (χ2v) is 4.79. The molecular formula is C15H24N2O3. The molecule has 0 radical (unpaired) electrons. The van der Waals surface area contributed by atoms with Gasteiger partial charge in [0.05, 0.1) is 6.61 Å². The molecule has 1 heterocycles. The molecule has 0 amide bonds. The molecule has 112 valence electrons. The fraction of sp³-hybridized carbons (Fsp3) is 0.600. The molecule has 1 aromatic rings. The van der Waals surface area contributed by atoms with Crippen molar-refractivity contribution >= 4 is 11.8 Å². The Balaban J connectivity index is 3.25. The molecule has 0 aliphatic carbocycles. The van der Waals surface area contributed by atoms with Gasteiger partial charge in [-0.1, -0.05) is 13.8 Å². The summed E-state index contributed by atoms with van der Waals surface area (Å²) < 4.78 is 5.15. The molecule has 1 N–H and O–H groups in total. The number of aromatic carboxylic acids is 1. The standard InChI is InChI=1S/C15H24N2O3/c1-5-12(6-2)17(9-10-20-4)14-13(15(18)19)11(3)7-8-16-14/h7-8,12H,5-6,9-10H2,1-4H3,(H,18,19). The average Bonchev–Trinajstić information content (AvgIpc) is 2.42. The van der Waals surface area contributed by atoms with Gasteiger partial charge in [-0.25, -0.2) is 9.78 Å². The van der Waals surface area contributed by atoms with Crippen LogP contribution in [-0.2, 0) is 4.74 Å². The number of carboxylic acids is 1. The van der Waals surface area contributed by atoms with Crippen LogP contribution in [-0.4, -0.2) is 42.4 Å². The van der Waals surface area contributed by atoms with Crippen molar-refractivity contribution in [3.05, 3.63) is 23.4 Å². The Morgan fingerprint density at radius 3 is 2.60 bits per heavy atom. The molecule has 0 aliphatic rings. The summed E-state index contributed by atoms with van der Waals surface area (Å²) in [6.45, 7) is 7.19. The number of anilines is 1. The Morgan fingerprint density at radius 1 is 1.45 bits per heavy atom. The van der Waals surface area contributed by atoms with Crippen molar-refractivity contribution in [3.8, 4) is 0 Å². The van der Waals surface area contributed by atoms with E-state index in [1.807, 2.05) is 0 Å². The Bertz CT molecular complexity index is 445. The van der Waals surface area contributed by atoms with Crippen LogP contribution in [0.2, 0.25) is 0 Å². The second kappa shape index (κ2) is 7.85. The first-order valence-electron chi connectivity index (χ1n) is 7.01. The number of hydrogen-bond acceptors (Lipinski definition) is 4. The van der Waals surface area contributed by atoms with Crippen molar-refractivity contribution in [2.45, 2.75) is 39.7 Å². The van der Waals surface area contributed by atoms with Gasteiger partial charge in [0.2, 0.25) is 0 Å². The number of aromatic nitrogens is 1. The SMILES string of the molecule is CCC(CC)N(CCOC)c1nccc(C)c1C(=O)O. The minimum Gasteiger partial charge on any atom is -0.478 e. The molecule has 0 fully saturated rings. The molecule has 0 aliphatic heterocycles. The number of carbonyl (C=O) groups is 1. The first-order chi connectivity index (χ1) is 9.56. The largest absolute Gasteiger partial charge is 0.478 e. The molecule has 0 aromatic carbocycles. The normalized spacial score (nSPS) is 10.8. The van der Waals surface area contributed by atoms with Crippen LogP contribution in [0.15, 0.2) is 12.3 Å². The van der Waals surface area contributed by atoms with Crippen LogP contribution < -0.4 is 4.90 Å². The molecule has 0 unspecified atom stereocenters. The van der Waals surface area contributed by atoms with E-state index in [9.17, 15) is 9.90 Å². The first-order valence-corrected chi connectivity index (χ1v) is 7.01. The van der Waals surface area contributed by atoms with Gasteiger partial charge in [-0.2, -0.15) is 0 Å². The predicted octanol–water partition coefficient (Wildman–Crippen LogP) is 2.73. The summed E-state index contributed by atoms with van der Waals surface area (Å²) in [5.74, 6) is -0.387. The van der Waals surface area contributed by atoms with Gasteiger partial charge in [-0.3, -0.25) is 0 Å². The maximum Gasteiger partial charge on any atom is 0.339 e. The topological polar surface area (TPSA) is 62.7 Å². The zero-order valence-corrected chi connectivity index (χ0v) is 12.7. The lowest BCUT2D eigenvalue weighted by Gasteiger charge is -2.32. The zero-order valence-electron chi connectivity index (χ0n) is 12.7. The summed E-state index contributed by atoms with van der Waals surface area (Å²) in [7, 11) is 1.65. The number of rotatable bonds is 8. The quantitative estimate of drug-likeness (QED) is 0.793. The molecule has 1 rings (SSSR count). The number of carboxylic acid groups (broad SMARTS) is 1. The fourth-order valence-corrected chi connectivity index (χ4v) is 2.41. The summed E-state index contributed by atoms with van der Waals surface area (Å²) in [4.78, 5) is 17.9. The highest BCUT2D eigenvalue weighted by Crippen LogP contribution is 2.24. The molecule has 5 heteroatoms. The Kier molecular flexibility index (Phi) is 6.45. The number of methoxy groups -OCH3 is 1. The number of aryl methyl sites for hydroxylation is 1. The van der Waals surface area contributed by atoms with E-state index >= 15 is 0 Å². The van der Waals surface area contributed by atoms with Gasteiger partial charge >= 0.3 is 5.97 Å². The molecular weight excluding hydrogens is 256 g/mol. The average molecular weight is 280 g/mol. The van der Waals surface area contributed by atoms with E-state index in [2.05, 4.69) is 23.7 Å². The molecule has 0 spiro atoms. The van der Waals surface area contributed by atoms with E-state index in [1.54, 1.807) is 26.3 Å². The smallest absolute Gasteiger partial charge is 0.339 e. The van der Waals surface area contributed by atoms with Crippen LogP contribution in [0.1, 0.15) is 42.6 Å². The monoisotopic (exact) mass is 280 g/mol. The third kappa shape index (κ3) is 3.70. The van der Waals surface area contributed by atoms with Gasteiger partial charge in [0, 0.05) is 25.9 Å². The minimum atomic E-state index is -0.932. The molecule has 0 atom stereocenters.